The largest absolute Gasteiger partial charge is 0.338 e. The second-order valence-electron chi connectivity index (χ2n) is 8.22. The quantitative estimate of drug-likeness (QED) is 0.658. The topological polar surface area (TPSA) is 54.3 Å². The van der Waals surface area contributed by atoms with E-state index in [1.807, 2.05) is 70.3 Å². The molecule has 1 N–H and O–H groups in total. The highest BCUT2D eigenvalue weighted by atomic mass is 16.2. The molecule has 30 heavy (non-hydrogen) atoms. The van der Waals surface area contributed by atoms with Crippen molar-refractivity contribution in [2.75, 3.05) is 11.9 Å². The van der Waals surface area contributed by atoms with E-state index in [0.717, 1.165) is 47.1 Å². The number of likely N-dealkylation sites (tertiary alicyclic amines) is 1. The maximum atomic E-state index is 13.0. The number of fused-ring (bicyclic) bond motifs is 2. The maximum Gasteiger partial charge on any atom is 0.256 e. The normalized spacial score (nSPS) is 19.9. The summed E-state index contributed by atoms with van der Waals surface area (Å²) >= 11 is 0. The standard InChI is InChI=1S/C25H25N3O2/c1-17-8-6-7-13-28(17)24(29)16-27-15-18(19-9-3-5-12-23(19)27)14-21-20-10-2-4-11-22(20)26-25(21)30/h2-5,9-12,14-15,17H,6-8,13,16H2,1H3,(H,26,30)/b21-14+/t17-/m1/s1. The number of rotatable bonds is 3. The Morgan fingerprint density at radius 1 is 1.13 bits per heavy atom. The molecule has 1 aromatic heterocycles. The van der Waals surface area contributed by atoms with E-state index in [1.165, 1.54) is 6.42 Å². The van der Waals surface area contributed by atoms with Gasteiger partial charge in [0.15, 0.2) is 0 Å². The Hall–Kier alpha value is -3.34. The highest BCUT2D eigenvalue weighted by Crippen LogP contribution is 2.34. The van der Waals surface area contributed by atoms with Gasteiger partial charge in [-0.3, -0.25) is 9.59 Å². The van der Waals surface area contributed by atoms with Crippen LogP contribution in [-0.4, -0.2) is 33.9 Å². The van der Waals surface area contributed by atoms with Crippen LogP contribution in [0.3, 0.4) is 0 Å². The highest BCUT2D eigenvalue weighted by molar-refractivity contribution is 6.35. The molecule has 3 heterocycles. The summed E-state index contributed by atoms with van der Waals surface area (Å²) in [5.74, 6) is 0.0670. The van der Waals surface area contributed by atoms with Crippen LogP contribution in [0.15, 0.2) is 54.7 Å². The van der Waals surface area contributed by atoms with E-state index in [0.29, 0.717) is 18.2 Å². The number of aromatic nitrogens is 1. The molecule has 2 amide bonds. The summed E-state index contributed by atoms with van der Waals surface area (Å²) in [5, 5.41) is 3.97. The van der Waals surface area contributed by atoms with Gasteiger partial charge < -0.3 is 14.8 Å². The fourth-order valence-electron chi connectivity index (χ4n) is 4.66. The lowest BCUT2D eigenvalue weighted by Gasteiger charge is -2.33. The minimum atomic E-state index is -0.0914. The van der Waals surface area contributed by atoms with E-state index in [4.69, 9.17) is 0 Å². The third-order valence-corrected chi connectivity index (χ3v) is 6.26. The van der Waals surface area contributed by atoms with Crippen molar-refractivity contribution in [3.63, 3.8) is 0 Å². The summed E-state index contributed by atoms with van der Waals surface area (Å²) < 4.78 is 2.02. The average Bonchev–Trinajstić information content (AvgIpc) is 3.26. The van der Waals surface area contributed by atoms with Crippen molar-refractivity contribution in [1.82, 2.24) is 9.47 Å². The van der Waals surface area contributed by atoms with Crippen LogP contribution >= 0.6 is 0 Å². The molecule has 0 bridgehead atoms. The molecule has 0 aliphatic carbocycles. The molecule has 2 aliphatic heterocycles. The third-order valence-electron chi connectivity index (χ3n) is 6.26. The van der Waals surface area contributed by atoms with Gasteiger partial charge in [-0.1, -0.05) is 36.4 Å². The monoisotopic (exact) mass is 399 g/mol. The number of carbonyl (C=O) groups is 2. The van der Waals surface area contributed by atoms with Gasteiger partial charge in [-0.15, -0.1) is 0 Å². The number of amides is 2. The third kappa shape index (κ3) is 3.20. The van der Waals surface area contributed by atoms with Gasteiger partial charge in [-0.2, -0.15) is 0 Å². The minimum Gasteiger partial charge on any atom is -0.338 e. The summed E-state index contributed by atoms with van der Waals surface area (Å²) in [6.07, 6.45) is 7.28. The molecule has 5 heteroatoms. The van der Waals surface area contributed by atoms with Crippen LogP contribution in [0.5, 0.6) is 0 Å². The number of hydrogen-bond donors (Lipinski definition) is 1. The first kappa shape index (κ1) is 18.7. The van der Waals surface area contributed by atoms with Gasteiger partial charge >= 0.3 is 0 Å². The van der Waals surface area contributed by atoms with Gasteiger partial charge in [0, 0.05) is 52.1 Å². The molecule has 0 saturated carbocycles. The molecule has 1 fully saturated rings. The number of nitrogens with zero attached hydrogens (tertiary/aromatic N) is 2. The van der Waals surface area contributed by atoms with Crippen molar-refractivity contribution in [3.8, 4) is 0 Å². The Balaban J connectivity index is 1.52. The molecule has 2 aromatic carbocycles. The van der Waals surface area contributed by atoms with Gasteiger partial charge in [0.05, 0.1) is 0 Å². The molecule has 0 radical (unpaired) electrons. The first-order valence-corrected chi connectivity index (χ1v) is 10.6. The molecule has 3 aromatic rings. The van der Waals surface area contributed by atoms with Crippen molar-refractivity contribution in [2.24, 2.45) is 0 Å². The van der Waals surface area contributed by atoms with Crippen LogP contribution in [0.1, 0.15) is 37.3 Å². The average molecular weight is 399 g/mol. The van der Waals surface area contributed by atoms with E-state index >= 15 is 0 Å². The zero-order chi connectivity index (χ0) is 20.7. The number of nitrogens with one attached hydrogen (secondary N) is 1. The SMILES string of the molecule is C[C@@H]1CCCCN1C(=O)Cn1cc(/C=C2/C(=O)Nc3ccccc32)c2ccccc21. The number of para-hydroxylation sites is 2. The minimum absolute atomic E-state index is 0.0914. The molecule has 2 aliphatic rings. The summed E-state index contributed by atoms with van der Waals surface area (Å²) in [5.41, 5.74) is 4.37. The second-order valence-corrected chi connectivity index (χ2v) is 8.22. The molecular weight excluding hydrogens is 374 g/mol. The zero-order valence-electron chi connectivity index (χ0n) is 17.1. The van der Waals surface area contributed by atoms with E-state index in [-0.39, 0.29) is 11.8 Å². The van der Waals surface area contributed by atoms with Gasteiger partial charge in [-0.05, 0) is 44.4 Å². The summed E-state index contributed by atoms with van der Waals surface area (Å²) in [7, 11) is 0. The second kappa shape index (κ2) is 7.48. The predicted molar refractivity (Wildman–Crippen MR) is 120 cm³/mol. The van der Waals surface area contributed by atoms with Crippen molar-refractivity contribution >= 4 is 40.1 Å². The summed E-state index contributed by atoms with van der Waals surface area (Å²) in [4.78, 5) is 27.6. The van der Waals surface area contributed by atoms with E-state index in [1.54, 1.807) is 0 Å². The lowest BCUT2D eigenvalue weighted by molar-refractivity contribution is -0.135. The maximum absolute atomic E-state index is 13.0. The first-order chi connectivity index (χ1) is 14.6. The van der Waals surface area contributed by atoms with Crippen LogP contribution in [-0.2, 0) is 16.1 Å². The van der Waals surface area contributed by atoms with Crippen molar-refractivity contribution in [3.05, 3.63) is 65.9 Å². The molecule has 0 unspecified atom stereocenters. The van der Waals surface area contributed by atoms with Gasteiger partial charge in [0.25, 0.3) is 5.91 Å². The van der Waals surface area contributed by atoms with Crippen LogP contribution in [0.4, 0.5) is 5.69 Å². The lowest BCUT2D eigenvalue weighted by atomic mass is 10.0. The first-order valence-electron chi connectivity index (χ1n) is 10.6. The molecule has 152 valence electrons. The lowest BCUT2D eigenvalue weighted by Crippen LogP contribution is -2.43. The molecule has 5 nitrogen and oxygen atoms in total. The van der Waals surface area contributed by atoms with Crippen LogP contribution in [0.25, 0.3) is 22.6 Å². The van der Waals surface area contributed by atoms with Crippen LogP contribution in [0, 0.1) is 0 Å². The number of anilines is 1. The number of benzene rings is 2. The number of hydrogen-bond acceptors (Lipinski definition) is 2. The fraction of sp³-hybridized carbons (Fsp3) is 0.280. The Morgan fingerprint density at radius 2 is 1.93 bits per heavy atom. The molecule has 1 saturated heterocycles. The molecule has 0 spiro atoms. The van der Waals surface area contributed by atoms with Crippen molar-refractivity contribution in [1.29, 1.82) is 0 Å². The molecule has 1 atom stereocenters. The van der Waals surface area contributed by atoms with Crippen molar-refractivity contribution in [2.45, 2.75) is 38.8 Å². The summed E-state index contributed by atoms with van der Waals surface area (Å²) in [6.45, 7) is 3.29. The fourth-order valence-corrected chi connectivity index (χ4v) is 4.66. The molecule has 5 rings (SSSR count). The van der Waals surface area contributed by atoms with E-state index in [2.05, 4.69) is 12.2 Å². The van der Waals surface area contributed by atoms with Gasteiger partial charge in [-0.25, -0.2) is 0 Å². The zero-order valence-corrected chi connectivity index (χ0v) is 17.1. The molecular formula is C25H25N3O2. The smallest absolute Gasteiger partial charge is 0.256 e. The Morgan fingerprint density at radius 3 is 2.80 bits per heavy atom. The Kier molecular flexibility index (Phi) is 4.66. The van der Waals surface area contributed by atoms with Gasteiger partial charge in [0.1, 0.15) is 6.54 Å². The summed E-state index contributed by atoms with van der Waals surface area (Å²) in [6, 6.07) is 16.1. The number of carbonyl (C=O) groups excluding carboxylic acids is 2. The van der Waals surface area contributed by atoms with Crippen LogP contribution in [0.2, 0.25) is 0 Å². The van der Waals surface area contributed by atoms with Crippen molar-refractivity contribution < 1.29 is 9.59 Å². The van der Waals surface area contributed by atoms with Crippen LogP contribution < -0.4 is 5.32 Å². The predicted octanol–water partition coefficient (Wildman–Crippen LogP) is 4.54. The number of piperidine rings is 1. The van der Waals surface area contributed by atoms with E-state index < -0.39 is 0 Å². The van der Waals surface area contributed by atoms with E-state index in [9.17, 15) is 9.59 Å². The van der Waals surface area contributed by atoms with Gasteiger partial charge in [0.2, 0.25) is 5.91 Å². The Bertz CT molecular complexity index is 1170. The Labute approximate surface area is 176 Å². The highest BCUT2D eigenvalue weighted by Gasteiger charge is 2.25.